The predicted molar refractivity (Wildman–Crippen MR) is 100 cm³/mol. The zero-order valence-corrected chi connectivity index (χ0v) is 15.1. The third-order valence-corrected chi connectivity index (χ3v) is 7.82. The lowest BCUT2D eigenvalue weighted by molar-refractivity contribution is 0.414. The van der Waals surface area contributed by atoms with Gasteiger partial charge in [0.2, 0.25) is 0 Å². The van der Waals surface area contributed by atoms with Gasteiger partial charge >= 0.3 is 0 Å². The summed E-state index contributed by atoms with van der Waals surface area (Å²) in [5.74, 6) is 0.730. The molecule has 3 aromatic rings. The average molecular weight is 387 g/mol. The van der Waals surface area contributed by atoms with E-state index in [1.54, 1.807) is 7.11 Å². The van der Waals surface area contributed by atoms with Crippen molar-refractivity contribution in [1.29, 1.82) is 0 Å². The molecular weight excluding hydrogens is 371 g/mol. The Hall–Kier alpha value is -1.83. The first-order chi connectivity index (χ1) is 11.2. The topological polar surface area (TPSA) is 26.3 Å². The van der Waals surface area contributed by atoms with E-state index in [1.807, 2.05) is 78.9 Å². The Morgan fingerprint density at radius 3 is 1.78 bits per heavy atom. The summed E-state index contributed by atoms with van der Waals surface area (Å²) in [5, 5.41) is 2.41. The van der Waals surface area contributed by atoms with Crippen LogP contribution in [0, 0.1) is 0 Å². The predicted octanol–water partition coefficient (Wildman–Crippen LogP) is 4.10. The quantitative estimate of drug-likeness (QED) is 0.631. The van der Waals surface area contributed by atoms with Crippen LogP contribution in [0.3, 0.4) is 0 Å². The zero-order chi connectivity index (χ0) is 16.3. The Labute approximate surface area is 144 Å². The monoisotopic (exact) mass is 386 g/mol. The molecule has 116 valence electrons. The molecule has 0 aliphatic carbocycles. The third-order valence-electron chi connectivity index (χ3n) is 3.73. The van der Waals surface area contributed by atoms with Gasteiger partial charge < -0.3 is 9.30 Å². The first-order valence-electron chi connectivity index (χ1n) is 7.21. The fourth-order valence-corrected chi connectivity index (χ4v) is 6.37. The molecule has 0 N–H and O–H groups in total. The molecule has 0 aromatic heterocycles. The minimum atomic E-state index is -2.95. The van der Waals surface area contributed by atoms with Gasteiger partial charge in [-0.15, -0.1) is 0 Å². The number of ether oxygens (including phenoxy) is 1. The lowest BCUT2D eigenvalue weighted by Crippen LogP contribution is -2.25. The second-order valence-electron chi connectivity index (χ2n) is 5.10. The molecule has 2 nitrogen and oxygen atoms in total. The molecular formula is C19H16BrO2P. The zero-order valence-electron chi connectivity index (χ0n) is 12.6. The molecule has 0 heterocycles. The van der Waals surface area contributed by atoms with Gasteiger partial charge in [0.15, 0.2) is 7.14 Å². The molecule has 0 bridgehead atoms. The van der Waals surface area contributed by atoms with Crippen molar-refractivity contribution < 1.29 is 9.30 Å². The van der Waals surface area contributed by atoms with E-state index in [4.69, 9.17) is 4.74 Å². The molecule has 0 amide bonds. The summed E-state index contributed by atoms with van der Waals surface area (Å²) in [6, 6.07) is 24.8. The van der Waals surface area contributed by atoms with Crippen LogP contribution in [0.25, 0.3) is 0 Å². The van der Waals surface area contributed by atoms with Crippen LogP contribution < -0.4 is 20.7 Å². The second kappa shape index (κ2) is 6.74. The van der Waals surface area contributed by atoms with E-state index in [0.717, 1.165) is 26.1 Å². The molecule has 0 saturated heterocycles. The van der Waals surface area contributed by atoms with Crippen molar-refractivity contribution in [2.24, 2.45) is 0 Å². The maximum absolute atomic E-state index is 14.2. The lowest BCUT2D eigenvalue weighted by Gasteiger charge is -2.21. The Kier molecular flexibility index (Phi) is 4.70. The van der Waals surface area contributed by atoms with Crippen LogP contribution in [-0.2, 0) is 4.57 Å². The van der Waals surface area contributed by atoms with Crippen molar-refractivity contribution in [1.82, 2.24) is 0 Å². The molecule has 0 unspecified atom stereocenters. The number of hydrogen-bond acceptors (Lipinski definition) is 2. The Balaban J connectivity index is 2.28. The largest absolute Gasteiger partial charge is 0.497 e. The highest BCUT2D eigenvalue weighted by molar-refractivity contribution is 9.10. The molecule has 0 spiro atoms. The van der Waals surface area contributed by atoms with Gasteiger partial charge in [0, 0.05) is 20.4 Å². The summed E-state index contributed by atoms with van der Waals surface area (Å²) in [4.78, 5) is 0. The number of methoxy groups -OCH3 is 1. The number of benzene rings is 3. The fourth-order valence-electron chi connectivity index (χ4n) is 2.57. The molecule has 0 saturated carbocycles. The highest BCUT2D eigenvalue weighted by atomic mass is 79.9. The first-order valence-corrected chi connectivity index (χ1v) is 9.71. The highest BCUT2D eigenvalue weighted by Gasteiger charge is 2.31. The van der Waals surface area contributed by atoms with Gasteiger partial charge in [0.25, 0.3) is 0 Å². The number of rotatable bonds is 4. The van der Waals surface area contributed by atoms with Gasteiger partial charge in [-0.25, -0.2) is 0 Å². The summed E-state index contributed by atoms with van der Waals surface area (Å²) in [6.07, 6.45) is 0. The maximum atomic E-state index is 14.2. The highest BCUT2D eigenvalue weighted by Crippen LogP contribution is 2.44. The minimum absolute atomic E-state index is 0.730. The SMILES string of the molecule is COc1ccc(P(=O)(c2ccccc2)c2ccccc2)c(Br)c1. The van der Waals surface area contributed by atoms with Crippen LogP contribution in [0.15, 0.2) is 83.3 Å². The third kappa shape index (κ3) is 2.99. The number of halogens is 1. The van der Waals surface area contributed by atoms with E-state index in [0.29, 0.717) is 0 Å². The van der Waals surface area contributed by atoms with E-state index in [2.05, 4.69) is 15.9 Å². The summed E-state index contributed by atoms with van der Waals surface area (Å²) < 4.78 is 20.2. The fraction of sp³-hybridized carbons (Fsp3) is 0.0526. The molecule has 0 fully saturated rings. The van der Waals surface area contributed by atoms with Crippen LogP contribution in [0.5, 0.6) is 5.75 Å². The van der Waals surface area contributed by atoms with Gasteiger partial charge in [0.1, 0.15) is 5.75 Å². The van der Waals surface area contributed by atoms with Crippen molar-refractivity contribution in [2.45, 2.75) is 0 Å². The molecule has 3 rings (SSSR count). The van der Waals surface area contributed by atoms with E-state index < -0.39 is 7.14 Å². The van der Waals surface area contributed by atoms with E-state index in [9.17, 15) is 4.57 Å². The Morgan fingerprint density at radius 2 is 1.35 bits per heavy atom. The van der Waals surface area contributed by atoms with Crippen molar-refractivity contribution in [3.63, 3.8) is 0 Å². The van der Waals surface area contributed by atoms with Crippen LogP contribution in [0.2, 0.25) is 0 Å². The average Bonchev–Trinajstić information content (AvgIpc) is 2.62. The number of hydrogen-bond donors (Lipinski definition) is 0. The normalized spacial score (nSPS) is 11.2. The molecule has 0 atom stereocenters. The van der Waals surface area contributed by atoms with Crippen LogP contribution in [0.1, 0.15) is 0 Å². The molecule has 0 aliphatic rings. The Bertz CT molecular complexity index is 804. The standard InChI is InChI=1S/C19H16BrO2P/c1-22-15-12-13-19(18(20)14-15)23(21,16-8-4-2-5-9-16)17-10-6-3-7-11-17/h2-14H,1H3. The summed E-state index contributed by atoms with van der Waals surface area (Å²) in [7, 11) is -1.33. The second-order valence-corrected chi connectivity index (χ2v) is 8.69. The van der Waals surface area contributed by atoms with Gasteiger partial charge in [-0.2, -0.15) is 0 Å². The van der Waals surface area contributed by atoms with Gasteiger partial charge in [-0.3, -0.25) is 0 Å². The molecule has 0 radical (unpaired) electrons. The van der Waals surface area contributed by atoms with Crippen LogP contribution >= 0.6 is 23.1 Å². The van der Waals surface area contributed by atoms with Crippen LogP contribution in [-0.4, -0.2) is 7.11 Å². The van der Waals surface area contributed by atoms with E-state index >= 15 is 0 Å². The van der Waals surface area contributed by atoms with Gasteiger partial charge in [-0.1, -0.05) is 60.7 Å². The van der Waals surface area contributed by atoms with E-state index in [1.165, 1.54) is 0 Å². The minimum Gasteiger partial charge on any atom is -0.497 e. The van der Waals surface area contributed by atoms with Crippen molar-refractivity contribution >= 4 is 39.0 Å². The van der Waals surface area contributed by atoms with Crippen LogP contribution in [0.4, 0.5) is 0 Å². The van der Waals surface area contributed by atoms with Gasteiger partial charge in [0.05, 0.1) is 7.11 Å². The van der Waals surface area contributed by atoms with Crippen molar-refractivity contribution in [3.05, 3.63) is 83.3 Å². The van der Waals surface area contributed by atoms with Crippen molar-refractivity contribution in [3.8, 4) is 5.75 Å². The smallest absolute Gasteiger partial charge is 0.172 e. The summed E-state index contributed by atoms with van der Waals surface area (Å²) in [6.45, 7) is 0. The van der Waals surface area contributed by atoms with Gasteiger partial charge in [-0.05, 0) is 34.1 Å². The maximum Gasteiger partial charge on any atom is 0.172 e. The Morgan fingerprint density at radius 1 is 0.826 bits per heavy atom. The first kappa shape index (κ1) is 16.0. The van der Waals surface area contributed by atoms with Crippen molar-refractivity contribution in [2.75, 3.05) is 7.11 Å². The molecule has 3 aromatic carbocycles. The molecule has 4 heteroatoms. The summed E-state index contributed by atoms with van der Waals surface area (Å²) >= 11 is 3.57. The lowest BCUT2D eigenvalue weighted by atomic mass is 10.3. The summed E-state index contributed by atoms with van der Waals surface area (Å²) in [5.41, 5.74) is 0. The molecule has 23 heavy (non-hydrogen) atoms. The molecule has 0 aliphatic heterocycles. The van der Waals surface area contributed by atoms with E-state index in [-0.39, 0.29) is 0 Å².